The van der Waals surface area contributed by atoms with Gasteiger partial charge >= 0.3 is 0 Å². The molecule has 0 heterocycles. The molecule has 2 nitrogen and oxygen atoms in total. The lowest BCUT2D eigenvalue weighted by Gasteiger charge is -2.33. The van der Waals surface area contributed by atoms with Crippen LogP contribution in [-0.2, 0) is 0 Å². The minimum absolute atomic E-state index is 0.0516. The molecular weight excluding hydrogens is 258 g/mol. The molecule has 1 atom stereocenters. The molecule has 1 aliphatic rings. The zero-order chi connectivity index (χ0) is 14.9. The second-order valence-corrected chi connectivity index (χ2v) is 6.14. The summed E-state index contributed by atoms with van der Waals surface area (Å²) in [6.07, 6.45) is 1.76. The Kier molecular flexibility index (Phi) is 3.83. The van der Waals surface area contributed by atoms with Gasteiger partial charge in [0.15, 0.2) is 0 Å². The van der Waals surface area contributed by atoms with Gasteiger partial charge < -0.3 is 10.4 Å². The Morgan fingerprint density at radius 2 is 1.52 bits per heavy atom. The summed E-state index contributed by atoms with van der Waals surface area (Å²) in [5.41, 5.74) is 5.29. The monoisotopic (exact) mass is 281 g/mol. The molecule has 21 heavy (non-hydrogen) atoms. The molecule has 2 aromatic carbocycles. The van der Waals surface area contributed by atoms with Gasteiger partial charge in [-0.25, -0.2) is 0 Å². The largest absolute Gasteiger partial charge is 0.396 e. The van der Waals surface area contributed by atoms with E-state index in [0.717, 1.165) is 12.8 Å². The molecule has 0 fully saturated rings. The van der Waals surface area contributed by atoms with Crippen molar-refractivity contribution in [2.45, 2.75) is 38.3 Å². The molecule has 1 aliphatic carbocycles. The minimum atomic E-state index is -0.0516. The van der Waals surface area contributed by atoms with Crippen LogP contribution in [0.25, 0.3) is 11.1 Å². The SMILES string of the molecule is CCC(C)(CCO)NC1c2ccccc2-c2ccccc21. The van der Waals surface area contributed by atoms with Gasteiger partial charge in [0, 0.05) is 12.1 Å². The van der Waals surface area contributed by atoms with Crippen LogP contribution in [-0.4, -0.2) is 17.3 Å². The Hall–Kier alpha value is -1.64. The highest BCUT2D eigenvalue weighted by atomic mass is 16.3. The van der Waals surface area contributed by atoms with Crippen LogP contribution in [0.3, 0.4) is 0 Å². The summed E-state index contributed by atoms with van der Waals surface area (Å²) in [7, 11) is 0. The zero-order valence-corrected chi connectivity index (χ0v) is 12.8. The number of hydrogen-bond donors (Lipinski definition) is 2. The van der Waals surface area contributed by atoms with Crippen molar-refractivity contribution in [3.8, 4) is 11.1 Å². The third-order valence-corrected chi connectivity index (χ3v) is 4.77. The van der Waals surface area contributed by atoms with E-state index in [-0.39, 0.29) is 18.2 Å². The van der Waals surface area contributed by atoms with Crippen LogP contribution in [0.15, 0.2) is 48.5 Å². The van der Waals surface area contributed by atoms with Gasteiger partial charge in [0.1, 0.15) is 0 Å². The summed E-state index contributed by atoms with van der Waals surface area (Å²) >= 11 is 0. The lowest BCUT2D eigenvalue weighted by atomic mass is 9.91. The van der Waals surface area contributed by atoms with Crippen LogP contribution in [0, 0.1) is 0 Å². The molecule has 110 valence electrons. The number of aliphatic hydroxyl groups excluding tert-OH is 1. The first-order valence-electron chi connectivity index (χ1n) is 7.75. The molecule has 1 unspecified atom stereocenters. The Balaban J connectivity index is 2.03. The van der Waals surface area contributed by atoms with E-state index in [0.29, 0.717) is 0 Å². The van der Waals surface area contributed by atoms with Crippen molar-refractivity contribution in [3.63, 3.8) is 0 Å². The molecule has 3 rings (SSSR count). The van der Waals surface area contributed by atoms with Crippen molar-refractivity contribution in [1.82, 2.24) is 5.32 Å². The zero-order valence-electron chi connectivity index (χ0n) is 12.8. The average Bonchev–Trinajstić information content (AvgIpc) is 2.83. The van der Waals surface area contributed by atoms with Gasteiger partial charge in [0.2, 0.25) is 0 Å². The highest BCUT2D eigenvalue weighted by Gasteiger charge is 2.33. The van der Waals surface area contributed by atoms with Crippen LogP contribution in [0.4, 0.5) is 0 Å². The van der Waals surface area contributed by atoms with Crippen molar-refractivity contribution in [2.24, 2.45) is 0 Å². The predicted molar refractivity (Wildman–Crippen MR) is 87.3 cm³/mol. The van der Waals surface area contributed by atoms with E-state index in [1.54, 1.807) is 0 Å². The summed E-state index contributed by atoms with van der Waals surface area (Å²) < 4.78 is 0. The van der Waals surface area contributed by atoms with Crippen molar-refractivity contribution >= 4 is 0 Å². The second kappa shape index (κ2) is 5.63. The summed E-state index contributed by atoms with van der Waals surface area (Å²) in [6, 6.07) is 17.5. The number of fused-ring (bicyclic) bond motifs is 3. The molecule has 2 heteroatoms. The topological polar surface area (TPSA) is 32.3 Å². The van der Waals surface area contributed by atoms with E-state index in [2.05, 4.69) is 67.7 Å². The van der Waals surface area contributed by atoms with Gasteiger partial charge in [-0.1, -0.05) is 55.5 Å². The molecule has 0 radical (unpaired) electrons. The molecule has 0 spiro atoms. The second-order valence-electron chi connectivity index (χ2n) is 6.14. The Morgan fingerprint density at radius 1 is 1.00 bits per heavy atom. The first kappa shape index (κ1) is 14.3. The fraction of sp³-hybridized carbons (Fsp3) is 0.368. The number of aliphatic hydroxyl groups is 1. The van der Waals surface area contributed by atoms with Gasteiger partial charge in [0.05, 0.1) is 6.04 Å². The summed E-state index contributed by atoms with van der Waals surface area (Å²) in [5.74, 6) is 0. The summed E-state index contributed by atoms with van der Waals surface area (Å²) in [4.78, 5) is 0. The summed E-state index contributed by atoms with van der Waals surface area (Å²) in [5, 5.41) is 13.2. The van der Waals surface area contributed by atoms with Crippen molar-refractivity contribution in [1.29, 1.82) is 0 Å². The highest BCUT2D eigenvalue weighted by molar-refractivity contribution is 5.78. The quantitative estimate of drug-likeness (QED) is 0.871. The maximum Gasteiger partial charge on any atom is 0.0593 e. The molecule has 0 amide bonds. The Labute approximate surface area is 126 Å². The standard InChI is InChI=1S/C19H23NO/c1-3-19(2,12-13-21)20-18-16-10-6-4-8-14(16)15-9-5-7-11-17(15)18/h4-11,18,20-21H,3,12-13H2,1-2H3. The van der Waals surface area contributed by atoms with E-state index in [1.807, 2.05) is 0 Å². The van der Waals surface area contributed by atoms with Crippen LogP contribution in [0.1, 0.15) is 43.9 Å². The molecule has 0 bridgehead atoms. The molecule has 0 saturated heterocycles. The van der Waals surface area contributed by atoms with Crippen molar-refractivity contribution in [2.75, 3.05) is 6.61 Å². The third-order valence-electron chi connectivity index (χ3n) is 4.77. The summed E-state index contributed by atoms with van der Waals surface area (Å²) in [6.45, 7) is 4.59. The van der Waals surface area contributed by atoms with Crippen LogP contribution < -0.4 is 5.32 Å². The lowest BCUT2D eigenvalue weighted by Crippen LogP contribution is -2.44. The molecule has 2 aromatic rings. The van der Waals surface area contributed by atoms with E-state index in [1.165, 1.54) is 22.3 Å². The Bertz CT molecular complexity index is 591. The van der Waals surface area contributed by atoms with Crippen LogP contribution in [0.2, 0.25) is 0 Å². The normalized spacial score (nSPS) is 16.3. The number of benzene rings is 2. The third kappa shape index (κ3) is 2.50. The molecular formula is C19H23NO. The smallest absolute Gasteiger partial charge is 0.0593 e. The van der Waals surface area contributed by atoms with Crippen LogP contribution in [0.5, 0.6) is 0 Å². The first-order valence-corrected chi connectivity index (χ1v) is 7.75. The lowest BCUT2D eigenvalue weighted by molar-refractivity contribution is 0.208. The van der Waals surface area contributed by atoms with E-state index >= 15 is 0 Å². The van der Waals surface area contributed by atoms with E-state index < -0.39 is 0 Å². The fourth-order valence-corrected chi connectivity index (χ4v) is 3.26. The van der Waals surface area contributed by atoms with E-state index in [9.17, 15) is 5.11 Å². The van der Waals surface area contributed by atoms with E-state index in [4.69, 9.17) is 0 Å². The highest BCUT2D eigenvalue weighted by Crippen LogP contribution is 2.44. The van der Waals surface area contributed by atoms with Gasteiger partial charge in [-0.3, -0.25) is 0 Å². The average molecular weight is 281 g/mol. The predicted octanol–water partition coefficient (Wildman–Crippen LogP) is 3.90. The van der Waals surface area contributed by atoms with Crippen molar-refractivity contribution < 1.29 is 5.11 Å². The maximum absolute atomic E-state index is 9.36. The maximum atomic E-state index is 9.36. The molecule has 2 N–H and O–H groups in total. The first-order chi connectivity index (χ1) is 10.2. The number of hydrogen-bond acceptors (Lipinski definition) is 2. The molecule has 0 saturated carbocycles. The fourth-order valence-electron chi connectivity index (χ4n) is 3.26. The van der Waals surface area contributed by atoms with Gasteiger partial charge in [-0.2, -0.15) is 0 Å². The Morgan fingerprint density at radius 3 is 2.00 bits per heavy atom. The van der Waals surface area contributed by atoms with Crippen molar-refractivity contribution in [3.05, 3.63) is 59.7 Å². The number of rotatable bonds is 5. The van der Waals surface area contributed by atoms with Gasteiger partial charge in [-0.15, -0.1) is 0 Å². The molecule has 0 aromatic heterocycles. The number of nitrogens with one attached hydrogen (secondary N) is 1. The minimum Gasteiger partial charge on any atom is -0.396 e. The molecule has 0 aliphatic heterocycles. The van der Waals surface area contributed by atoms with Gasteiger partial charge in [-0.05, 0) is 42.0 Å². The van der Waals surface area contributed by atoms with Crippen LogP contribution >= 0.6 is 0 Å². The van der Waals surface area contributed by atoms with Gasteiger partial charge in [0.25, 0.3) is 0 Å².